The number of aliphatic carboxylic acids is 2. The first-order chi connectivity index (χ1) is 6.57. The van der Waals surface area contributed by atoms with Gasteiger partial charge in [-0.2, -0.15) is 0 Å². The van der Waals surface area contributed by atoms with Crippen LogP contribution in [0.25, 0.3) is 0 Å². The number of rotatable bonds is 6. The highest BCUT2D eigenvalue weighted by Crippen LogP contribution is 2.01. The van der Waals surface area contributed by atoms with Crippen LogP contribution in [-0.2, 0) is 9.59 Å². The molecule has 0 fully saturated rings. The van der Waals surface area contributed by atoms with Crippen molar-refractivity contribution < 1.29 is 19.8 Å². The van der Waals surface area contributed by atoms with Crippen molar-refractivity contribution in [1.82, 2.24) is 0 Å². The Morgan fingerprint density at radius 3 is 2.36 bits per heavy atom. The zero-order valence-corrected chi connectivity index (χ0v) is 8.06. The van der Waals surface area contributed by atoms with E-state index in [4.69, 9.17) is 10.2 Å². The normalized spacial score (nSPS) is 11.9. The molecule has 78 valence electrons. The standard InChI is InChI=1S/C10H14O4/c1-2-3-4-5-6-8(10(13)14)7-9(11)12/h5-7H,2-4H2,1H3,(H,11,12)(H,13,14)/b6-5?,8-7-. The van der Waals surface area contributed by atoms with Gasteiger partial charge in [0.25, 0.3) is 0 Å². The quantitative estimate of drug-likeness (QED) is 0.388. The van der Waals surface area contributed by atoms with Crippen molar-refractivity contribution in [3.8, 4) is 0 Å². The minimum Gasteiger partial charge on any atom is -0.478 e. The van der Waals surface area contributed by atoms with E-state index in [1.807, 2.05) is 6.92 Å². The van der Waals surface area contributed by atoms with E-state index >= 15 is 0 Å². The van der Waals surface area contributed by atoms with E-state index in [2.05, 4.69) is 0 Å². The van der Waals surface area contributed by atoms with Crippen LogP contribution >= 0.6 is 0 Å². The van der Waals surface area contributed by atoms with Gasteiger partial charge in [0.1, 0.15) is 0 Å². The predicted octanol–water partition coefficient (Wildman–Crippen LogP) is 1.83. The Bertz CT molecular complexity index is 263. The first kappa shape index (κ1) is 12.4. The molecule has 0 aromatic carbocycles. The van der Waals surface area contributed by atoms with Crippen LogP contribution in [0.15, 0.2) is 23.8 Å². The van der Waals surface area contributed by atoms with Gasteiger partial charge in [0, 0.05) is 6.08 Å². The highest BCUT2D eigenvalue weighted by Gasteiger charge is 2.04. The maximum Gasteiger partial charge on any atom is 0.335 e. The zero-order chi connectivity index (χ0) is 11.0. The number of carbonyl (C=O) groups is 2. The molecule has 0 aliphatic rings. The molecule has 0 radical (unpaired) electrons. The third-order valence-corrected chi connectivity index (χ3v) is 1.55. The molecule has 0 saturated heterocycles. The van der Waals surface area contributed by atoms with Crippen molar-refractivity contribution in [2.45, 2.75) is 26.2 Å². The lowest BCUT2D eigenvalue weighted by molar-refractivity contribution is -0.134. The van der Waals surface area contributed by atoms with Crippen molar-refractivity contribution in [2.75, 3.05) is 0 Å². The summed E-state index contributed by atoms with van der Waals surface area (Å²) in [5.74, 6) is -2.47. The fourth-order valence-electron chi connectivity index (χ4n) is 0.846. The lowest BCUT2D eigenvalue weighted by Gasteiger charge is -1.92. The van der Waals surface area contributed by atoms with E-state index in [0.29, 0.717) is 6.08 Å². The van der Waals surface area contributed by atoms with Crippen molar-refractivity contribution in [1.29, 1.82) is 0 Å². The van der Waals surface area contributed by atoms with Crippen LogP contribution in [-0.4, -0.2) is 22.2 Å². The number of allylic oxidation sites excluding steroid dienone is 1. The predicted molar refractivity (Wildman–Crippen MR) is 52.0 cm³/mol. The highest BCUT2D eigenvalue weighted by molar-refractivity contribution is 5.96. The smallest absolute Gasteiger partial charge is 0.335 e. The lowest BCUT2D eigenvalue weighted by atomic mass is 10.2. The van der Waals surface area contributed by atoms with Crippen molar-refractivity contribution in [2.24, 2.45) is 0 Å². The number of carboxylic acids is 2. The summed E-state index contributed by atoms with van der Waals surface area (Å²) >= 11 is 0. The number of unbranched alkanes of at least 4 members (excludes halogenated alkanes) is 2. The molecular formula is C10H14O4. The molecule has 0 rings (SSSR count). The van der Waals surface area contributed by atoms with Gasteiger partial charge in [0.2, 0.25) is 0 Å². The van der Waals surface area contributed by atoms with E-state index in [9.17, 15) is 9.59 Å². The second-order valence-electron chi connectivity index (χ2n) is 2.79. The third-order valence-electron chi connectivity index (χ3n) is 1.55. The molecule has 0 aliphatic heterocycles. The Morgan fingerprint density at radius 1 is 1.29 bits per heavy atom. The minimum atomic E-state index is -1.25. The molecule has 0 aromatic heterocycles. The molecule has 4 heteroatoms. The number of hydrogen-bond acceptors (Lipinski definition) is 2. The molecule has 0 heterocycles. The molecule has 0 spiro atoms. The largest absolute Gasteiger partial charge is 0.478 e. The van der Waals surface area contributed by atoms with E-state index in [1.54, 1.807) is 6.08 Å². The lowest BCUT2D eigenvalue weighted by Crippen LogP contribution is -2.01. The summed E-state index contributed by atoms with van der Waals surface area (Å²) in [5, 5.41) is 17.0. The van der Waals surface area contributed by atoms with Crippen LogP contribution in [0, 0.1) is 0 Å². The van der Waals surface area contributed by atoms with Gasteiger partial charge in [-0.1, -0.05) is 31.9 Å². The molecule has 4 nitrogen and oxygen atoms in total. The molecule has 0 amide bonds. The summed E-state index contributed by atoms with van der Waals surface area (Å²) in [5.41, 5.74) is -0.200. The monoisotopic (exact) mass is 198 g/mol. The van der Waals surface area contributed by atoms with E-state index in [0.717, 1.165) is 19.3 Å². The van der Waals surface area contributed by atoms with Crippen LogP contribution in [0.5, 0.6) is 0 Å². The van der Waals surface area contributed by atoms with Gasteiger partial charge in [-0.25, -0.2) is 9.59 Å². The summed E-state index contributed by atoms with van der Waals surface area (Å²) < 4.78 is 0. The van der Waals surface area contributed by atoms with Gasteiger partial charge in [-0.3, -0.25) is 0 Å². The van der Waals surface area contributed by atoms with Crippen LogP contribution in [0.2, 0.25) is 0 Å². The molecule has 0 aliphatic carbocycles. The second kappa shape index (κ2) is 6.88. The SMILES string of the molecule is CCCCC=C/C(=C/C(=O)O)C(=O)O. The maximum atomic E-state index is 10.5. The maximum absolute atomic E-state index is 10.5. The van der Waals surface area contributed by atoms with Gasteiger partial charge < -0.3 is 10.2 Å². The van der Waals surface area contributed by atoms with Gasteiger partial charge in [-0.15, -0.1) is 0 Å². The summed E-state index contributed by atoms with van der Waals surface area (Å²) in [6.07, 6.45) is 6.44. The van der Waals surface area contributed by atoms with Crippen molar-refractivity contribution in [3.63, 3.8) is 0 Å². The van der Waals surface area contributed by atoms with Crippen molar-refractivity contribution >= 4 is 11.9 Å². The average Bonchev–Trinajstić information content (AvgIpc) is 2.09. The van der Waals surface area contributed by atoms with Crippen LogP contribution in [0.3, 0.4) is 0 Å². The van der Waals surface area contributed by atoms with Crippen LogP contribution < -0.4 is 0 Å². The first-order valence-electron chi connectivity index (χ1n) is 4.42. The topological polar surface area (TPSA) is 74.6 Å². The molecule has 0 unspecified atom stereocenters. The average molecular weight is 198 g/mol. The molecule has 0 atom stereocenters. The highest BCUT2D eigenvalue weighted by atomic mass is 16.4. The Hall–Kier alpha value is -1.58. The Balaban J connectivity index is 4.31. The summed E-state index contributed by atoms with van der Waals surface area (Å²) in [6, 6.07) is 0. The van der Waals surface area contributed by atoms with E-state index in [-0.39, 0.29) is 5.57 Å². The van der Waals surface area contributed by atoms with Crippen LogP contribution in [0.4, 0.5) is 0 Å². The molecule has 0 aromatic rings. The second-order valence-corrected chi connectivity index (χ2v) is 2.79. The first-order valence-corrected chi connectivity index (χ1v) is 4.42. The molecule has 0 saturated carbocycles. The minimum absolute atomic E-state index is 0.200. The van der Waals surface area contributed by atoms with E-state index < -0.39 is 11.9 Å². The van der Waals surface area contributed by atoms with E-state index in [1.165, 1.54) is 6.08 Å². The Kier molecular flexibility index (Phi) is 6.11. The number of hydrogen-bond donors (Lipinski definition) is 2. The van der Waals surface area contributed by atoms with Gasteiger partial charge in [0.05, 0.1) is 5.57 Å². The fraction of sp³-hybridized carbons (Fsp3) is 0.400. The van der Waals surface area contributed by atoms with Crippen molar-refractivity contribution in [3.05, 3.63) is 23.8 Å². The van der Waals surface area contributed by atoms with Gasteiger partial charge in [-0.05, 0) is 6.42 Å². The molecule has 2 N–H and O–H groups in total. The Labute approximate surface area is 82.6 Å². The van der Waals surface area contributed by atoms with Gasteiger partial charge >= 0.3 is 11.9 Å². The summed E-state index contributed by atoms with van der Waals surface area (Å²) in [4.78, 5) is 20.7. The Morgan fingerprint density at radius 2 is 1.93 bits per heavy atom. The van der Waals surface area contributed by atoms with Gasteiger partial charge in [0.15, 0.2) is 0 Å². The zero-order valence-electron chi connectivity index (χ0n) is 8.06. The summed E-state index contributed by atoms with van der Waals surface area (Å²) in [7, 11) is 0. The molecule has 14 heavy (non-hydrogen) atoms. The fourth-order valence-corrected chi connectivity index (χ4v) is 0.846. The molecular weight excluding hydrogens is 184 g/mol. The number of carboxylic acid groups (broad SMARTS) is 2. The summed E-state index contributed by atoms with van der Waals surface area (Å²) in [6.45, 7) is 2.03. The van der Waals surface area contributed by atoms with Crippen LogP contribution in [0.1, 0.15) is 26.2 Å². The third kappa shape index (κ3) is 5.99. The molecule has 0 bridgehead atoms.